The molecule has 0 amide bonds. The van der Waals surface area contributed by atoms with Crippen LogP contribution in [0.2, 0.25) is 0 Å². The first-order valence-corrected chi connectivity index (χ1v) is 9.22. The number of hydrogen-bond donors (Lipinski definition) is 2. The van der Waals surface area contributed by atoms with Crippen LogP contribution in [0.15, 0.2) is 29.4 Å². The van der Waals surface area contributed by atoms with E-state index in [1.165, 1.54) is 12.6 Å². The lowest BCUT2D eigenvalue weighted by Gasteiger charge is -2.26. The number of sulfone groups is 1. The fourth-order valence-electron chi connectivity index (χ4n) is 2.79. The molecule has 0 spiro atoms. The highest BCUT2D eigenvalue weighted by Crippen LogP contribution is 2.26. The van der Waals surface area contributed by atoms with Crippen LogP contribution in [0.4, 0.5) is 5.82 Å². The Morgan fingerprint density at radius 1 is 1.18 bits per heavy atom. The zero-order chi connectivity index (χ0) is 15.7. The average molecular weight is 321 g/mol. The molecule has 0 aliphatic heterocycles. The third-order valence-electron chi connectivity index (χ3n) is 4.07. The third kappa shape index (κ3) is 3.20. The van der Waals surface area contributed by atoms with Crippen molar-refractivity contribution in [2.45, 2.75) is 42.7 Å². The molecule has 22 heavy (non-hydrogen) atoms. The standard InChI is InChI=1S/C15H19N3O3S/c1-22(20,21)12-6-7-14-13(8-12)15(17-9-16-14)18-10-2-4-11(19)5-3-10/h6-11,19H,2-5H2,1H3,(H,16,17,18). The molecule has 1 heterocycles. The second kappa shape index (κ2) is 5.81. The van der Waals surface area contributed by atoms with E-state index in [-0.39, 0.29) is 17.0 Å². The van der Waals surface area contributed by atoms with Crippen molar-refractivity contribution in [3.63, 3.8) is 0 Å². The van der Waals surface area contributed by atoms with E-state index in [1.807, 2.05) is 0 Å². The molecule has 0 bridgehead atoms. The first kappa shape index (κ1) is 15.2. The van der Waals surface area contributed by atoms with E-state index < -0.39 is 9.84 Å². The predicted molar refractivity (Wildman–Crippen MR) is 84.5 cm³/mol. The Bertz CT molecular complexity index is 784. The average Bonchev–Trinajstić information content (AvgIpc) is 2.48. The van der Waals surface area contributed by atoms with Crippen LogP contribution in [-0.4, -0.2) is 41.9 Å². The van der Waals surface area contributed by atoms with Gasteiger partial charge in [0.2, 0.25) is 0 Å². The fourth-order valence-corrected chi connectivity index (χ4v) is 3.44. The molecule has 3 rings (SSSR count). The number of rotatable bonds is 3. The molecule has 118 valence electrons. The van der Waals surface area contributed by atoms with Crippen molar-refractivity contribution in [3.05, 3.63) is 24.5 Å². The number of hydrogen-bond acceptors (Lipinski definition) is 6. The van der Waals surface area contributed by atoms with Gasteiger partial charge in [-0.05, 0) is 43.9 Å². The van der Waals surface area contributed by atoms with Crippen LogP contribution in [0.3, 0.4) is 0 Å². The van der Waals surface area contributed by atoms with Gasteiger partial charge in [0, 0.05) is 17.7 Å². The molecule has 0 atom stereocenters. The summed E-state index contributed by atoms with van der Waals surface area (Å²) in [6.07, 6.45) is 5.74. The SMILES string of the molecule is CS(=O)(=O)c1ccc2ncnc(NC3CCC(O)CC3)c2c1. The molecule has 6 nitrogen and oxygen atoms in total. The van der Waals surface area contributed by atoms with Gasteiger partial charge in [-0.15, -0.1) is 0 Å². The number of anilines is 1. The number of aliphatic hydroxyl groups is 1. The van der Waals surface area contributed by atoms with Gasteiger partial charge < -0.3 is 10.4 Å². The number of nitrogens with zero attached hydrogens (tertiary/aromatic N) is 2. The number of benzene rings is 1. The van der Waals surface area contributed by atoms with Gasteiger partial charge in [0.1, 0.15) is 12.1 Å². The Hall–Kier alpha value is -1.73. The summed E-state index contributed by atoms with van der Waals surface area (Å²) in [4.78, 5) is 8.71. The topological polar surface area (TPSA) is 92.2 Å². The Labute approximate surface area is 129 Å². The highest BCUT2D eigenvalue weighted by atomic mass is 32.2. The summed E-state index contributed by atoms with van der Waals surface area (Å²) >= 11 is 0. The smallest absolute Gasteiger partial charge is 0.175 e. The van der Waals surface area contributed by atoms with E-state index >= 15 is 0 Å². The Kier molecular flexibility index (Phi) is 4.01. The monoisotopic (exact) mass is 321 g/mol. The van der Waals surface area contributed by atoms with Crippen LogP contribution in [0.1, 0.15) is 25.7 Å². The summed E-state index contributed by atoms with van der Waals surface area (Å²) in [5.74, 6) is 0.650. The van der Waals surface area contributed by atoms with Crippen LogP contribution in [-0.2, 0) is 9.84 Å². The van der Waals surface area contributed by atoms with Crippen molar-refractivity contribution in [3.8, 4) is 0 Å². The number of nitrogens with one attached hydrogen (secondary N) is 1. The van der Waals surface area contributed by atoms with Gasteiger partial charge >= 0.3 is 0 Å². The lowest BCUT2D eigenvalue weighted by atomic mass is 9.93. The van der Waals surface area contributed by atoms with E-state index in [1.54, 1.807) is 18.2 Å². The van der Waals surface area contributed by atoms with Gasteiger partial charge in [-0.3, -0.25) is 0 Å². The van der Waals surface area contributed by atoms with Crippen LogP contribution in [0, 0.1) is 0 Å². The summed E-state index contributed by atoms with van der Waals surface area (Å²) < 4.78 is 23.4. The molecule has 1 aliphatic carbocycles. The van der Waals surface area contributed by atoms with Gasteiger partial charge in [-0.2, -0.15) is 0 Å². The molecule has 1 aromatic heterocycles. The largest absolute Gasteiger partial charge is 0.393 e. The second-order valence-corrected chi connectivity index (χ2v) is 7.84. The zero-order valence-corrected chi connectivity index (χ0v) is 13.2. The van der Waals surface area contributed by atoms with E-state index in [9.17, 15) is 13.5 Å². The minimum atomic E-state index is -3.27. The van der Waals surface area contributed by atoms with Crippen LogP contribution < -0.4 is 5.32 Å². The molecule has 1 fully saturated rings. The molecule has 1 aliphatic rings. The Morgan fingerprint density at radius 2 is 1.91 bits per heavy atom. The van der Waals surface area contributed by atoms with Gasteiger partial charge in [-0.1, -0.05) is 0 Å². The minimum absolute atomic E-state index is 0.211. The van der Waals surface area contributed by atoms with E-state index in [0.717, 1.165) is 25.7 Å². The molecule has 7 heteroatoms. The maximum Gasteiger partial charge on any atom is 0.175 e. The first-order valence-electron chi connectivity index (χ1n) is 7.33. The lowest BCUT2D eigenvalue weighted by Crippen LogP contribution is -2.28. The zero-order valence-electron chi connectivity index (χ0n) is 12.4. The highest BCUT2D eigenvalue weighted by molar-refractivity contribution is 7.90. The quantitative estimate of drug-likeness (QED) is 0.895. The van der Waals surface area contributed by atoms with Gasteiger partial charge in [-0.25, -0.2) is 18.4 Å². The van der Waals surface area contributed by atoms with Gasteiger partial charge in [0.05, 0.1) is 16.5 Å². The van der Waals surface area contributed by atoms with Crippen LogP contribution in [0.5, 0.6) is 0 Å². The molecule has 2 aromatic rings. The molecule has 2 N–H and O–H groups in total. The second-order valence-electron chi connectivity index (χ2n) is 5.82. The summed E-state index contributed by atoms with van der Waals surface area (Å²) in [7, 11) is -3.27. The van der Waals surface area contributed by atoms with Crippen molar-refractivity contribution < 1.29 is 13.5 Å². The Balaban J connectivity index is 1.95. The summed E-state index contributed by atoms with van der Waals surface area (Å²) in [5, 5.41) is 13.6. The molecule has 0 saturated heterocycles. The third-order valence-corrected chi connectivity index (χ3v) is 5.18. The van der Waals surface area contributed by atoms with E-state index in [4.69, 9.17) is 0 Å². The maximum atomic E-state index is 11.7. The van der Waals surface area contributed by atoms with Crippen molar-refractivity contribution in [1.29, 1.82) is 0 Å². The lowest BCUT2D eigenvalue weighted by molar-refractivity contribution is 0.126. The van der Waals surface area contributed by atoms with Gasteiger partial charge in [0.25, 0.3) is 0 Å². The molecule has 0 radical (unpaired) electrons. The molecule has 1 aromatic carbocycles. The van der Waals surface area contributed by atoms with E-state index in [2.05, 4.69) is 15.3 Å². The number of aliphatic hydroxyl groups excluding tert-OH is 1. The van der Waals surface area contributed by atoms with Crippen molar-refractivity contribution in [2.24, 2.45) is 0 Å². The minimum Gasteiger partial charge on any atom is -0.393 e. The van der Waals surface area contributed by atoms with Crippen molar-refractivity contribution >= 4 is 26.6 Å². The molecular weight excluding hydrogens is 302 g/mol. The normalized spacial score (nSPS) is 22.6. The van der Waals surface area contributed by atoms with Crippen molar-refractivity contribution in [2.75, 3.05) is 11.6 Å². The summed E-state index contributed by atoms with van der Waals surface area (Å²) in [6.45, 7) is 0. The van der Waals surface area contributed by atoms with Crippen molar-refractivity contribution in [1.82, 2.24) is 9.97 Å². The Morgan fingerprint density at radius 3 is 2.59 bits per heavy atom. The fraction of sp³-hybridized carbons (Fsp3) is 0.467. The highest BCUT2D eigenvalue weighted by Gasteiger charge is 2.20. The summed E-state index contributed by atoms with van der Waals surface area (Å²) in [6, 6.07) is 5.11. The van der Waals surface area contributed by atoms with Crippen LogP contribution >= 0.6 is 0 Å². The molecule has 0 unspecified atom stereocenters. The molecule has 1 saturated carbocycles. The number of aromatic nitrogens is 2. The van der Waals surface area contributed by atoms with Gasteiger partial charge in [0.15, 0.2) is 9.84 Å². The molecular formula is C15H19N3O3S. The van der Waals surface area contributed by atoms with Crippen LogP contribution in [0.25, 0.3) is 10.9 Å². The first-order chi connectivity index (χ1) is 10.4. The summed E-state index contributed by atoms with van der Waals surface area (Å²) in [5.41, 5.74) is 0.709. The number of fused-ring (bicyclic) bond motifs is 1. The maximum absolute atomic E-state index is 11.7. The predicted octanol–water partition coefficient (Wildman–Crippen LogP) is 1.75. The van der Waals surface area contributed by atoms with E-state index in [0.29, 0.717) is 16.7 Å².